The molecule has 0 aromatic heterocycles. The van der Waals surface area contributed by atoms with Crippen LogP contribution in [0.1, 0.15) is 25.7 Å². The van der Waals surface area contributed by atoms with E-state index in [1.54, 1.807) is 0 Å². The molecule has 10 heavy (non-hydrogen) atoms. The monoisotopic (exact) mass is 209 g/mol. The minimum atomic E-state index is 0. The van der Waals surface area contributed by atoms with Crippen LogP contribution >= 0.6 is 0 Å². The van der Waals surface area contributed by atoms with Crippen molar-refractivity contribution in [2.24, 2.45) is 5.92 Å². The average molecular weight is 210 g/mol. The number of hydrogen-bond acceptors (Lipinski definition) is 1. The molecule has 1 amide bonds. The summed E-state index contributed by atoms with van der Waals surface area (Å²) in [5, 5.41) is 4.01. The number of carbonyl (C=O) groups excluding carboxylic acids is 1. The molecule has 0 aromatic rings. The van der Waals surface area contributed by atoms with Crippen molar-refractivity contribution in [2.75, 3.05) is 0 Å². The van der Waals surface area contributed by atoms with Crippen molar-refractivity contribution < 1.29 is 63.0 Å². The third kappa shape index (κ3) is 1.71. The molecule has 2 fully saturated rings. The van der Waals surface area contributed by atoms with Gasteiger partial charge in [-0.2, -0.15) is 0 Å². The van der Waals surface area contributed by atoms with Gasteiger partial charge in [0.25, 0.3) is 0 Å². The van der Waals surface area contributed by atoms with E-state index in [0.717, 1.165) is 19.3 Å². The van der Waals surface area contributed by atoms with Crippen LogP contribution in [-0.4, -0.2) is 11.9 Å². The fourth-order valence-corrected chi connectivity index (χ4v) is 1.79. The fourth-order valence-electron chi connectivity index (χ4n) is 1.79. The molecule has 2 nitrogen and oxygen atoms in total. The summed E-state index contributed by atoms with van der Waals surface area (Å²) in [6.07, 6.45) is 4.52. The molecule has 2 atom stereocenters. The largest absolute Gasteiger partial charge is 1.00 e. The van der Waals surface area contributed by atoms with E-state index in [2.05, 4.69) is 5.32 Å². The van der Waals surface area contributed by atoms with Crippen LogP contribution in [-0.2, 0) is 4.79 Å². The van der Waals surface area contributed by atoms with Crippen LogP contribution in [0.25, 0.3) is 5.32 Å². The molecular weight excluding hydrogens is 200 g/mol. The standard InChI is InChI=1S/C7H11NO.Rb/c9-7-5-2-1-3-6(4-5)8-7;/h5-6H,1-4H2,(H,8,9);/q;+1/p-1. The molecule has 1 heterocycles. The van der Waals surface area contributed by atoms with Gasteiger partial charge in [0.15, 0.2) is 0 Å². The van der Waals surface area contributed by atoms with E-state index in [1.807, 2.05) is 0 Å². The first kappa shape index (κ1) is 9.36. The third-order valence-electron chi connectivity index (χ3n) is 2.31. The van der Waals surface area contributed by atoms with Crippen LogP contribution in [0, 0.1) is 5.92 Å². The number of hydrogen-bond donors (Lipinski definition) is 0. The molecule has 2 unspecified atom stereocenters. The molecule has 0 N–H and O–H groups in total. The van der Waals surface area contributed by atoms with Gasteiger partial charge < -0.3 is 10.1 Å². The second-order valence-electron chi connectivity index (χ2n) is 2.98. The number of amides is 1. The fraction of sp³-hybridized carbons (Fsp3) is 0.857. The van der Waals surface area contributed by atoms with Gasteiger partial charge in [-0.3, -0.25) is 0 Å². The van der Waals surface area contributed by atoms with Crippen LogP contribution in [0.15, 0.2) is 0 Å². The smallest absolute Gasteiger partial charge is 0.650 e. The van der Waals surface area contributed by atoms with Gasteiger partial charge in [0.1, 0.15) is 0 Å². The van der Waals surface area contributed by atoms with Crippen LogP contribution < -0.4 is 58.2 Å². The van der Waals surface area contributed by atoms with Crippen molar-refractivity contribution in [1.29, 1.82) is 0 Å². The molecule has 50 valence electrons. The van der Waals surface area contributed by atoms with E-state index < -0.39 is 0 Å². The molecule has 0 aromatic carbocycles. The molecule has 1 saturated heterocycles. The van der Waals surface area contributed by atoms with Crippen molar-refractivity contribution in [3.8, 4) is 0 Å². The van der Waals surface area contributed by atoms with E-state index >= 15 is 0 Å². The second-order valence-corrected chi connectivity index (χ2v) is 2.98. The molecule has 1 aliphatic carbocycles. The van der Waals surface area contributed by atoms with Gasteiger partial charge in [0, 0.05) is 0 Å². The molecule has 2 bridgehead atoms. The minimum absolute atomic E-state index is 0. The van der Waals surface area contributed by atoms with Gasteiger partial charge in [-0.05, 0) is 12.3 Å². The maximum atomic E-state index is 10.9. The summed E-state index contributed by atoms with van der Waals surface area (Å²) in [4.78, 5) is 10.9. The summed E-state index contributed by atoms with van der Waals surface area (Å²) < 4.78 is 0. The predicted molar refractivity (Wildman–Crippen MR) is 34.1 cm³/mol. The molecular formula is C7H10NORb. The van der Waals surface area contributed by atoms with Crippen molar-refractivity contribution in [2.45, 2.75) is 31.7 Å². The zero-order valence-electron chi connectivity index (χ0n) is 6.34. The van der Waals surface area contributed by atoms with Crippen LogP contribution in [0.5, 0.6) is 0 Å². The molecule has 2 aliphatic rings. The average Bonchev–Trinajstić information content (AvgIpc) is 2.09. The van der Waals surface area contributed by atoms with Crippen molar-refractivity contribution in [3.63, 3.8) is 0 Å². The Morgan fingerprint density at radius 1 is 1.40 bits per heavy atom. The Labute approximate surface area is 110 Å². The van der Waals surface area contributed by atoms with Crippen LogP contribution in [0.3, 0.4) is 0 Å². The maximum Gasteiger partial charge on any atom is 1.00 e. The molecule has 0 spiro atoms. The molecule has 1 aliphatic heterocycles. The van der Waals surface area contributed by atoms with Crippen LogP contribution in [0.2, 0.25) is 0 Å². The van der Waals surface area contributed by atoms with Gasteiger partial charge in [0.2, 0.25) is 0 Å². The van der Waals surface area contributed by atoms with Gasteiger partial charge >= 0.3 is 58.2 Å². The zero-order chi connectivity index (χ0) is 6.27. The zero-order valence-corrected chi connectivity index (χ0v) is 11.3. The van der Waals surface area contributed by atoms with Crippen molar-refractivity contribution in [3.05, 3.63) is 5.32 Å². The van der Waals surface area contributed by atoms with E-state index in [-0.39, 0.29) is 64.1 Å². The van der Waals surface area contributed by atoms with Gasteiger partial charge in [-0.25, -0.2) is 0 Å². The topological polar surface area (TPSA) is 31.2 Å². The van der Waals surface area contributed by atoms with E-state index in [0.29, 0.717) is 12.0 Å². The Morgan fingerprint density at radius 2 is 2.20 bits per heavy atom. The summed E-state index contributed by atoms with van der Waals surface area (Å²) >= 11 is 0. The summed E-state index contributed by atoms with van der Waals surface area (Å²) in [5.41, 5.74) is 0. The first-order valence-corrected chi connectivity index (χ1v) is 3.61. The van der Waals surface area contributed by atoms with Gasteiger partial charge in [-0.1, -0.05) is 19.3 Å². The Hall–Kier alpha value is 1.28. The van der Waals surface area contributed by atoms with Crippen molar-refractivity contribution >= 4 is 5.91 Å². The van der Waals surface area contributed by atoms with Crippen molar-refractivity contribution in [1.82, 2.24) is 0 Å². The van der Waals surface area contributed by atoms with Gasteiger partial charge in [-0.15, -0.1) is 6.04 Å². The quantitative estimate of drug-likeness (QED) is 0.476. The summed E-state index contributed by atoms with van der Waals surface area (Å²) in [7, 11) is 0. The van der Waals surface area contributed by atoms with Crippen LogP contribution in [0.4, 0.5) is 0 Å². The summed E-state index contributed by atoms with van der Waals surface area (Å²) in [6.45, 7) is 0. The Balaban J connectivity index is 0.000000500. The Bertz CT molecular complexity index is 149. The number of rotatable bonds is 0. The second kappa shape index (κ2) is 3.79. The SMILES string of the molecule is O=C1[N-]C2CCCC1C2.[Rb+]. The number of carbonyl (C=O) groups is 1. The summed E-state index contributed by atoms with van der Waals surface area (Å²) in [5.74, 6) is 0.501. The Kier molecular flexibility index (Phi) is 3.55. The normalized spacial score (nSPS) is 36.6. The summed E-state index contributed by atoms with van der Waals surface area (Å²) in [6, 6.07) is 0.413. The maximum absolute atomic E-state index is 10.9. The van der Waals surface area contributed by atoms with E-state index in [4.69, 9.17) is 0 Å². The molecule has 2 rings (SSSR count). The van der Waals surface area contributed by atoms with Gasteiger partial charge in [0.05, 0.1) is 5.91 Å². The predicted octanol–water partition coefficient (Wildman–Crippen LogP) is -1.54. The third-order valence-corrected chi connectivity index (χ3v) is 2.31. The Morgan fingerprint density at radius 3 is 2.80 bits per heavy atom. The molecule has 1 saturated carbocycles. The van der Waals surface area contributed by atoms with E-state index in [1.165, 1.54) is 6.42 Å². The number of fused-ring (bicyclic) bond motifs is 2. The first-order valence-electron chi connectivity index (χ1n) is 3.61. The number of nitrogens with zero attached hydrogens (tertiary/aromatic N) is 1. The minimum Gasteiger partial charge on any atom is -0.650 e. The molecule has 3 heteroatoms. The molecule has 0 radical (unpaired) electrons. The van der Waals surface area contributed by atoms with E-state index in [9.17, 15) is 4.79 Å². The first-order chi connectivity index (χ1) is 4.36.